The summed E-state index contributed by atoms with van der Waals surface area (Å²) >= 11 is 11.3. The van der Waals surface area contributed by atoms with Crippen LogP contribution in [0.4, 0.5) is 13.2 Å². The van der Waals surface area contributed by atoms with E-state index in [2.05, 4.69) is 9.57 Å². The minimum absolute atomic E-state index is 0.0599. The predicted octanol–water partition coefficient (Wildman–Crippen LogP) is 4.61. The van der Waals surface area contributed by atoms with Crippen LogP contribution in [0.5, 0.6) is 11.5 Å². The number of hydrogen-bond acceptors (Lipinski definition) is 8. The van der Waals surface area contributed by atoms with Crippen molar-refractivity contribution in [1.82, 2.24) is 9.74 Å². The lowest BCUT2D eigenvalue weighted by Crippen LogP contribution is -2.33. The summed E-state index contributed by atoms with van der Waals surface area (Å²) in [5.74, 6) is -2.51. The number of carbonyl (C=O) groups is 3. The number of rotatable bonds is 9. The van der Waals surface area contributed by atoms with Crippen LogP contribution in [0.2, 0.25) is 0 Å². The molecular weight excluding hydrogens is 557 g/mol. The number of carboxylic acids is 1. The van der Waals surface area contributed by atoms with Crippen LogP contribution in [-0.4, -0.2) is 51.9 Å². The van der Waals surface area contributed by atoms with Gasteiger partial charge in [-0.1, -0.05) is 42.2 Å². The van der Waals surface area contributed by atoms with E-state index in [1.807, 2.05) is 0 Å². The number of carbonyl (C=O) groups excluding carboxylic acids is 2. The van der Waals surface area contributed by atoms with Gasteiger partial charge in [0, 0.05) is 0 Å². The van der Waals surface area contributed by atoms with Gasteiger partial charge in [-0.2, -0.15) is 13.2 Å². The number of hydrogen-bond donors (Lipinski definition) is 2. The van der Waals surface area contributed by atoms with E-state index >= 15 is 0 Å². The van der Waals surface area contributed by atoms with E-state index in [1.165, 1.54) is 25.3 Å². The number of nitrogens with one attached hydrogen (secondary N) is 1. The summed E-state index contributed by atoms with van der Waals surface area (Å²) < 4.78 is 51.6. The van der Waals surface area contributed by atoms with E-state index in [9.17, 15) is 27.6 Å². The van der Waals surface area contributed by atoms with Gasteiger partial charge in [0.1, 0.15) is 28.4 Å². The average Bonchev–Trinajstić information content (AvgIpc) is 3.10. The van der Waals surface area contributed by atoms with E-state index in [1.54, 1.807) is 12.1 Å². The number of halogens is 4. The fraction of sp³-hybridized carbons (Fsp3) is 0.217. The van der Waals surface area contributed by atoms with Gasteiger partial charge in [0.15, 0.2) is 0 Å². The molecule has 0 aromatic heterocycles. The number of amides is 1. The first-order valence-corrected chi connectivity index (χ1v) is 11.9. The number of aliphatic carboxylic acids is 1. The molecule has 1 saturated heterocycles. The molecule has 196 valence electrons. The van der Waals surface area contributed by atoms with Gasteiger partial charge >= 0.3 is 18.1 Å². The molecule has 0 saturated carbocycles. The van der Waals surface area contributed by atoms with Crippen LogP contribution in [0.1, 0.15) is 16.7 Å². The molecule has 1 atom stereocenters. The van der Waals surface area contributed by atoms with Crippen LogP contribution in [0.3, 0.4) is 0 Å². The highest BCUT2D eigenvalue weighted by molar-refractivity contribution is 8.26. The molecule has 1 fully saturated rings. The Kier molecular flexibility index (Phi) is 9.18. The van der Waals surface area contributed by atoms with E-state index in [4.69, 9.17) is 33.8 Å². The topological polar surface area (TPSA) is 105 Å². The number of ether oxygens (including phenoxy) is 2. The maximum atomic E-state index is 13.8. The quantitative estimate of drug-likeness (QED) is 0.192. The van der Waals surface area contributed by atoms with Gasteiger partial charge in [-0.05, 0) is 59.7 Å². The fourth-order valence-electron chi connectivity index (χ4n) is 3.26. The van der Waals surface area contributed by atoms with E-state index < -0.39 is 42.2 Å². The Morgan fingerprint density at radius 3 is 2.43 bits per heavy atom. The van der Waals surface area contributed by atoms with Crippen LogP contribution in [-0.2, 0) is 31.7 Å². The van der Waals surface area contributed by atoms with Crippen molar-refractivity contribution < 1.29 is 42.1 Å². The highest BCUT2D eigenvalue weighted by Crippen LogP contribution is 2.39. The fourth-order valence-corrected chi connectivity index (χ4v) is 4.67. The average molecular weight is 575 g/mol. The lowest BCUT2D eigenvalue weighted by atomic mass is 10.1. The standard InChI is InChI=1S/C23H18ClF3N2O6S2/c1-34-21(33)17(28-24)8-12-2-5-14(6-3-12)35-15-7-4-13(16(10-15)23(25,26)27)9-18-20(32)29(11-19(30)31)22(36)37-18/h2-7,9-10,17,28H,8,11H2,1H3,(H,30,31)/b18-9-/t17-/m0/s1. The summed E-state index contributed by atoms with van der Waals surface area (Å²) in [4.78, 5) is 38.0. The van der Waals surface area contributed by atoms with Crippen LogP contribution in [0, 0.1) is 0 Å². The molecule has 0 spiro atoms. The molecule has 1 aliphatic heterocycles. The van der Waals surface area contributed by atoms with Crippen molar-refractivity contribution in [2.75, 3.05) is 13.7 Å². The molecule has 0 unspecified atom stereocenters. The molecule has 14 heteroatoms. The number of alkyl halides is 3. The molecule has 2 aromatic rings. The second-order valence-electron chi connectivity index (χ2n) is 7.54. The number of methoxy groups -OCH3 is 1. The van der Waals surface area contributed by atoms with Crippen molar-refractivity contribution in [2.24, 2.45) is 0 Å². The van der Waals surface area contributed by atoms with E-state index in [-0.39, 0.29) is 32.7 Å². The van der Waals surface area contributed by atoms with Crippen molar-refractivity contribution in [2.45, 2.75) is 18.6 Å². The van der Waals surface area contributed by atoms with Crippen LogP contribution >= 0.6 is 35.8 Å². The highest BCUT2D eigenvalue weighted by Gasteiger charge is 2.36. The summed E-state index contributed by atoms with van der Waals surface area (Å²) in [5.41, 5.74) is -0.671. The first-order chi connectivity index (χ1) is 17.4. The van der Waals surface area contributed by atoms with Gasteiger partial charge in [-0.3, -0.25) is 19.3 Å². The Labute approximate surface area is 223 Å². The summed E-state index contributed by atoms with van der Waals surface area (Å²) in [5, 5.41) is 8.91. The molecule has 37 heavy (non-hydrogen) atoms. The Morgan fingerprint density at radius 2 is 1.86 bits per heavy atom. The Hall–Kier alpha value is -3.13. The zero-order valence-electron chi connectivity index (χ0n) is 18.9. The van der Waals surface area contributed by atoms with Gasteiger partial charge in [-0.25, -0.2) is 4.84 Å². The van der Waals surface area contributed by atoms with Crippen molar-refractivity contribution in [3.8, 4) is 11.5 Å². The maximum absolute atomic E-state index is 13.8. The molecule has 8 nitrogen and oxygen atoms in total. The first kappa shape index (κ1) is 28.4. The number of nitrogens with zero attached hydrogens (tertiary/aromatic N) is 1. The molecule has 1 heterocycles. The van der Waals surface area contributed by atoms with Crippen molar-refractivity contribution in [3.05, 3.63) is 64.1 Å². The minimum atomic E-state index is -4.78. The molecule has 3 rings (SSSR count). The van der Waals surface area contributed by atoms with Crippen LogP contribution in [0.15, 0.2) is 47.4 Å². The number of benzene rings is 2. The maximum Gasteiger partial charge on any atom is 0.417 e. The normalized spacial score (nSPS) is 15.7. The Balaban J connectivity index is 1.82. The molecule has 1 aliphatic rings. The van der Waals surface area contributed by atoms with Crippen LogP contribution in [0.25, 0.3) is 6.08 Å². The summed E-state index contributed by atoms with van der Waals surface area (Å²) in [7, 11) is 1.23. The second kappa shape index (κ2) is 11.9. The third kappa shape index (κ3) is 7.22. The predicted molar refractivity (Wildman–Crippen MR) is 134 cm³/mol. The van der Waals surface area contributed by atoms with Crippen molar-refractivity contribution >= 4 is 64.0 Å². The van der Waals surface area contributed by atoms with Crippen molar-refractivity contribution in [3.63, 3.8) is 0 Å². The zero-order chi connectivity index (χ0) is 27.3. The molecule has 2 N–H and O–H groups in total. The van der Waals surface area contributed by atoms with Gasteiger partial charge < -0.3 is 14.6 Å². The SMILES string of the molecule is COC(=O)[C@H](Cc1ccc(Oc2ccc(/C=C3\SC(=S)N(CC(=O)O)C3=O)c(C(F)(F)F)c2)cc1)NCl. The Bertz CT molecular complexity index is 1250. The summed E-state index contributed by atoms with van der Waals surface area (Å²) in [6.45, 7) is -0.689. The zero-order valence-corrected chi connectivity index (χ0v) is 21.3. The minimum Gasteiger partial charge on any atom is -0.480 e. The summed E-state index contributed by atoms with van der Waals surface area (Å²) in [6.07, 6.45) is -3.55. The van der Waals surface area contributed by atoms with Crippen molar-refractivity contribution in [1.29, 1.82) is 0 Å². The largest absolute Gasteiger partial charge is 0.480 e. The molecule has 0 radical (unpaired) electrons. The monoisotopic (exact) mass is 574 g/mol. The third-order valence-corrected chi connectivity index (χ3v) is 6.64. The van der Waals surface area contributed by atoms with Gasteiger partial charge in [0.25, 0.3) is 5.91 Å². The van der Waals surface area contributed by atoms with Gasteiger partial charge in [-0.15, -0.1) is 0 Å². The van der Waals surface area contributed by atoms with E-state index in [0.29, 0.717) is 5.56 Å². The molecule has 0 aliphatic carbocycles. The van der Waals surface area contributed by atoms with Crippen LogP contribution < -0.4 is 9.57 Å². The number of carboxylic acid groups (broad SMARTS) is 1. The summed E-state index contributed by atoms with van der Waals surface area (Å²) in [6, 6.07) is 8.74. The molecular formula is C23H18ClF3N2O6S2. The number of esters is 1. The second-order valence-corrected chi connectivity index (χ2v) is 9.44. The van der Waals surface area contributed by atoms with Gasteiger partial charge in [0.2, 0.25) is 0 Å². The molecule has 1 amide bonds. The number of thioether (sulfide) groups is 1. The highest BCUT2D eigenvalue weighted by atomic mass is 35.5. The third-order valence-electron chi connectivity index (χ3n) is 5.00. The molecule has 0 bridgehead atoms. The number of thiocarbonyl (C=S) groups is 1. The lowest BCUT2D eigenvalue weighted by molar-refractivity contribution is -0.142. The Morgan fingerprint density at radius 1 is 1.22 bits per heavy atom. The molecule has 2 aromatic carbocycles. The first-order valence-electron chi connectivity index (χ1n) is 10.3. The van der Waals surface area contributed by atoms with E-state index in [0.717, 1.165) is 34.9 Å². The lowest BCUT2D eigenvalue weighted by Gasteiger charge is -2.14. The smallest absolute Gasteiger partial charge is 0.417 e. The van der Waals surface area contributed by atoms with Gasteiger partial charge in [0.05, 0.1) is 17.6 Å².